The van der Waals surface area contributed by atoms with Gasteiger partial charge in [0.05, 0.1) is 11.4 Å². The highest BCUT2D eigenvalue weighted by atomic mass is 79.9. The molecular weight excluding hydrogens is 302 g/mol. The third kappa shape index (κ3) is 2.10. The quantitative estimate of drug-likeness (QED) is 0.695. The van der Waals surface area contributed by atoms with E-state index in [0.29, 0.717) is 0 Å². The fraction of sp³-hybridized carbons (Fsp3) is 0.0625. The van der Waals surface area contributed by atoms with Crippen LogP contribution in [0.25, 0.3) is 12.2 Å². The van der Waals surface area contributed by atoms with Gasteiger partial charge < -0.3 is 0 Å². The van der Waals surface area contributed by atoms with E-state index in [1.54, 1.807) is 11.8 Å². The van der Waals surface area contributed by atoms with Crippen molar-refractivity contribution < 1.29 is 4.79 Å². The highest BCUT2D eigenvalue weighted by Crippen LogP contribution is 2.37. The first kappa shape index (κ1) is 12.2. The van der Waals surface area contributed by atoms with Gasteiger partial charge in [0.25, 0.3) is 0 Å². The summed E-state index contributed by atoms with van der Waals surface area (Å²) in [6.07, 6.45) is 4.09. The first-order valence-corrected chi connectivity index (χ1v) is 6.83. The topological polar surface area (TPSA) is 20.3 Å². The molecule has 1 aliphatic heterocycles. The zero-order valence-corrected chi connectivity index (χ0v) is 12.0. The zero-order chi connectivity index (χ0) is 13.4. The molecule has 0 saturated heterocycles. The number of carbonyl (C=O) groups is 1. The lowest BCUT2D eigenvalue weighted by molar-refractivity contribution is -0.115. The normalized spacial score (nSPS) is 12.6. The van der Waals surface area contributed by atoms with Gasteiger partial charge in [0.1, 0.15) is 0 Å². The number of halogens is 1. The Hall–Kier alpha value is -1.87. The Morgan fingerprint density at radius 3 is 2.47 bits per heavy atom. The number of carbonyl (C=O) groups excluding carboxylic acids is 1. The Bertz CT molecular complexity index is 691. The zero-order valence-electron chi connectivity index (χ0n) is 10.4. The van der Waals surface area contributed by atoms with E-state index in [4.69, 9.17) is 0 Å². The number of hydrogen-bond acceptors (Lipinski definition) is 1. The SMILES string of the molecule is CC(=O)N1c2ccccc2C=Cc2cc(Br)ccc21. The minimum Gasteiger partial charge on any atom is -0.280 e. The number of nitrogens with zero attached hydrogens (tertiary/aromatic N) is 1. The summed E-state index contributed by atoms with van der Waals surface area (Å²) >= 11 is 3.47. The van der Waals surface area contributed by atoms with Gasteiger partial charge in [-0.25, -0.2) is 0 Å². The van der Waals surface area contributed by atoms with Gasteiger partial charge in [-0.3, -0.25) is 9.69 Å². The average Bonchev–Trinajstić information content (AvgIpc) is 2.55. The third-order valence-electron chi connectivity index (χ3n) is 3.17. The Labute approximate surface area is 120 Å². The van der Waals surface area contributed by atoms with Gasteiger partial charge in [-0.05, 0) is 35.4 Å². The van der Waals surface area contributed by atoms with Gasteiger partial charge in [0.2, 0.25) is 5.91 Å². The van der Waals surface area contributed by atoms with E-state index in [1.165, 1.54) is 0 Å². The molecule has 94 valence electrons. The summed E-state index contributed by atoms with van der Waals surface area (Å²) in [7, 11) is 0. The molecule has 2 aromatic rings. The van der Waals surface area contributed by atoms with E-state index in [1.807, 2.05) is 54.6 Å². The molecule has 1 aliphatic rings. The smallest absolute Gasteiger partial charge is 0.228 e. The molecule has 0 spiro atoms. The predicted molar refractivity (Wildman–Crippen MR) is 82.3 cm³/mol. The molecule has 1 heterocycles. The van der Waals surface area contributed by atoms with Crippen molar-refractivity contribution >= 4 is 45.4 Å². The second-order valence-electron chi connectivity index (χ2n) is 4.45. The van der Waals surface area contributed by atoms with Crippen molar-refractivity contribution in [1.29, 1.82) is 0 Å². The summed E-state index contributed by atoms with van der Waals surface area (Å²) in [4.78, 5) is 13.8. The van der Waals surface area contributed by atoms with Gasteiger partial charge in [-0.1, -0.05) is 46.3 Å². The summed E-state index contributed by atoms with van der Waals surface area (Å²) in [5, 5.41) is 0. The largest absolute Gasteiger partial charge is 0.280 e. The fourth-order valence-corrected chi connectivity index (χ4v) is 2.72. The van der Waals surface area contributed by atoms with Crippen LogP contribution in [0.5, 0.6) is 0 Å². The first-order chi connectivity index (χ1) is 9.16. The third-order valence-corrected chi connectivity index (χ3v) is 3.66. The first-order valence-electron chi connectivity index (χ1n) is 6.04. The fourth-order valence-electron chi connectivity index (χ4n) is 2.34. The number of anilines is 2. The van der Waals surface area contributed by atoms with Crippen molar-refractivity contribution in [3.05, 3.63) is 58.1 Å². The molecular formula is C16H12BrNO. The molecule has 0 aromatic heterocycles. The molecule has 0 saturated carbocycles. The van der Waals surface area contributed by atoms with Crippen LogP contribution in [-0.4, -0.2) is 5.91 Å². The maximum absolute atomic E-state index is 12.0. The molecule has 0 radical (unpaired) electrons. The van der Waals surface area contributed by atoms with E-state index in [0.717, 1.165) is 27.0 Å². The highest BCUT2D eigenvalue weighted by Gasteiger charge is 2.20. The van der Waals surface area contributed by atoms with Gasteiger partial charge in [-0.15, -0.1) is 0 Å². The highest BCUT2D eigenvalue weighted by molar-refractivity contribution is 9.10. The monoisotopic (exact) mass is 313 g/mol. The molecule has 2 aromatic carbocycles. The molecule has 0 aliphatic carbocycles. The van der Waals surface area contributed by atoms with Crippen LogP contribution in [0, 0.1) is 0 Å². The Kier molecular flexibility index (Phi) is 2.99. The van der Waals surface area contributed by atoms with Crippen molar-refractivity contribution in [1.82, 2.24) is 0 Å². The van der Waals surface area contributed by atoms with Crippen LogP contribution in [-0.2, 0) is 4.79 Å². The lowest BCUT2D eigenvalue weighted by Crippen LogP contribution is -2.23. The molecule has 0 bridgehead atoms. The standard InChI is InChI=1S/C16H12BrNO/c1-11(19)18-15-5-3-2-4-12(15)6-7-13-10-14(17)8-9-16(13)18/h2-10H,1H3. The minimum atomic E-state index is 0.0136. The molecule has 1 amide bonds. The lowest BCUT2D eigenvalue weighted by Gasteiger charge is -2.23. The van der Waals surface area contributed by atoms with Crippen LogP contribution >= 0.6 is 15.9 Å². The number of amides is 1. The van der Waals surface area contributed by atoms with E-state index < -0.39 is 0 Å². The second-order valence-corrected chi connectivity index (χ2v) is 5.37. The number of hydrogen-bond donors (Lipinski definition) is 0. The van der Waals surface area contributed by atoms with Gasteiger partial charge >= 0.3 is 0 Å². The molecule has 19 heavy (non-hydrogen) atoms. The van der Waals surface area contributed by atoms with Gasteiger partial charge in [-0.2, -0.15) is 0 Å². The number of fused-ring (bicyclic) bond motifs is 2. The second kappa shape index (κ2) is 4.67. The van der Waals surface area contributed by atoms with Crippen LogP contribution in [0.15, 0.2) is 46.9 Å². The van der Waals surface area contributed by atoms with Crippen LogP contribution in [0.1, 0.15) is 18.1 Å². The lowest BCUT2D eigenvalue weighted by atomic mass is 10.1. The molecule has 0 unspecified atom stereocenters. The Balaban J connectivity index is 2.30. The van der Waals surface area contributed by atoms with Crippen molar-refractivity contribution in [3.8, 4) is 0 Å². The van der Waals surface area contributed by atoms with Crippen molar-refractivity contribution in [2.45, 2.75) is 6.92 Å². The predicted octanol–water partition coefficient (Wildman–Crippen LogP) is 4.62. The molecule has 0 N–H and O–H groups in total. The number of rotatable bonds is 0. The van der Waals surface area contributed by atoms with Crippen LogP contribution in [0.3, 0.4) is 0 Å². The Morgan fingerprint density at radius 1 is 1.00 bits per heavy atom. The Morgan fingerprint density at radius 2 is 1.68 bits per heavy atom. The van der Waals surface area contributed by atoms with Crippen LogP contribution in [0.4, 0.5) is 11.4 Å². The van der Waals surface area contributed by atoms with Crippen molar-refractivity contribution in [2.24, 2.45) is 0 Å². The van der Waals surface area contributed by atoms with Gasteiger partial charge in [0, 0.05) is 11.4 Å². The average molecular weight is 314 g/mol. The van der Waals surface area contributed by atoms with Crippen molar-refractivity contribution in [2.75, 3.05) is 4.90 Å². The molecule has 0 atom stereocenters. The van der Waals surface area contributed by atoms with E-state index in [-0.39, 0.29) is 5.91 Å². The summed E-state index contributed by atoms with van der Waals surface area (Å²) in [6, 6.07) is 13.9. The summed E-state index contributed by atoms with van der Waals surface area (Å²) < 4.78 is 1.00. The summed E-state index contributed by atoms with van der Waals surface area (Å²) in [6.45, 7) is 1.59. The molecule has 2 nitrogen and oxygen atoms in total. The molecule has 3 rings (SSSR count). The van der Waals surface area contributed by atoms with Crippen LogP contribution < -0.4 is 4.90 Å². The van der Waals surface area contributed by atoms with Crippen molar-refractivity contribution in [3.63, 3.8) is 0 Å². The van der Waals surface area contributed by atoms with E-state index in [2.05, 4.69) is 15.9 Å². The minimum absolute atomic E-state index is 0.0136. The summed E-state index contributed by atoms with van der Waals surface area (Å²) in [5.74, 6) is 0.0136. The molecule has 0 fully saturated rings. The number of benzene rings is 2. The van der Waals surface area contributed by atoms with E-state index >= 15 is 0 Å². The molecule has 3 heteroatoms. The van der Waals surface area contributed by atoms with Gasteiger partial charge in [0.15, 0.2) is 0 Å². The van der Waals surface area contributed by atoms with E-state index in [9.17, 15) is 4.79 Å². The maximum Gasteiger partial charge on any atom is 0.228 e. The maximum atomic E-state index is 12.0. The number of para-hydroxylation sites is 1. The van der Waals surface area contributed by atoms with Crippen LogP contribution in [0.2, 0.25) is 0 Å². The summed E-state index contributed by atoms with van der Waals surface area (Å²) in [5.41, 5.74) is 3.91.